The molecule has 0 fully saturated rings. The molecule has 0 saturated heterocycles. The minimum Gasteiger partial charge on any atom is -0.462 e. The van der Waals surface area contributed by atoms with Crippen molar-refractivity contribution >= 4 is 17.9 Å². The van der Waals surface area contributed by atoms with Crippen molar-refractivity contribution in [3.8, 4) is 0 Å². The quantitative estimate of drug-likeness (QED) is 0.0261. The largest absolute Gasteiger partial charge is 0.462 e. The van der Waals surface area contributed by atoms with E-state index < -0.39 is 6.10 Å². The van der Waals surface area contributed by atoms with Crippen molar-refractivity contribution < 1.29 is 28.6 Å². The van der Waals surface area contributed by atoms with Crippen LogP contribution in [0, 0.1) is 0 Å². The highest BCUT2D eigenvalue weighted by Gasteiger charge is 2.19. The lowest BCUT2D eigenvalue weighted by Crippen LogP contribution is -2.30. The molecule has 0 saturated carbocycles. The van der Waals surface area contributed by atoms with Crippen LogP contribution in [-0.4, -0.2) is 37.2 Å². The van der Waals surface area contributed by atoms with E-state index in [0.29, 0.717) is 19.3 Å². The molecule has 1 unspecified atom stereocenters. The van der Waals surface area contributed by atoms with Crippen LogP contribution in [0.2, 0.25) is 0 Å². The molecule has 0 aromatic carbocycles. The molecule has 0 radical (unpaired) electrons. The van der Waals surface area contributed by atoms with Crippen molar-refractivity contribution in [1.29, 1.82) is 0 Å². The first-order valence-electron chi connectivity index (χ1n) is 33.8. The summed E-state index contributed by atoms with van der Waals surface area (Å²) >= 11 is 0. The zero-order valence-corrected chi connectivity index (χ0v) is 51.5. The van der Waals surface area contributed by atoms with E-state index in [9.17, 15) is 14.4 Å². The molecular weight excluding hydrogens is 949 g/mol. The molecule has 0 amide bonds. The molecule has 0 aliphatic carbocycles. The van der Waals surface area contributed by atoms with Gasteiger partial charge >= 0.3 is 17.9 Å². The summed E-state index contributed by atoms with van der Waals surface area (Å²) in [7, 11) is 0. The molecule has 0 rings (SSSR count). The van der Waals surface area contributed by atoms with E-state index in [1.165, 1.54) is 225 Å². The van der Waals surface area contributed by atoms with Crippen molar-refractivity contribution in [1.82, 2.24) is 0 Å². The zero-order chi connectivity index (χ0) is 55.7. The van der Waals surface area contributed by atoms with Crippen LogP contribution in [0.5, 0.6) is 0 Å². The summed E-state index contributed by atoms with van der Waals surface area (Å²) in [5.41, 5.74) is 0. The van der Waals surface area contributed by atoms with Gasteiger partial charge in [-0.2, -0.15) is 0 Å². The number of allylic oxidation sites excluding steroid dienone is 10. The predicted molar refractivity (Wildman–Crippen MR) is 335 cm³/mol. The Morgan fingerprint density at radius 3 is 0.805 bits per heavy atom. The average molecular weight is 1080 g/mol. The summed E-state index contributed by atoms with van der Waals surface area (Å²) in [5, 5.41) is 0. The Morgan fingerprint density at radius 2 is 0.506 bits per heavy atom. The van der Waals surface area contributed by atoms with E-state index >= 15 is 0 Å². The van der Waals surface area contributed by atoms with Gasteiger partial charge < -0.3 is 14.2 Å². The van der Waals surface area contributed by atoms with Crippen molar-refractivity contribution in [2.45, 2.75) is 361 Å². The lowest BCUT2D eigenvalue weighted by atomic mass is 10.0. The summed E-state index contributed by atoms with van der Waals surface area (Å²) in [5.74, 6) is -0.858. The van der Waals surface area contributed by atoms with Crippen molar-refractivity contribution in [3.05, 3.63) is 60.8 Å². The fourth-order valence-corrected chi connectivity index (χ4v) is 9.96. The number of unbranched alkanes of at least 4 members (excludes halogenated alkanes) is 41. The molecule has 0 bridgehead atoms. The van der Waals surface area contributed by atoms with E-state index in [1.54, 1.807) is 0 Å². The first-order valence-corrected chi connectivity index (χ1v) is 33.8. The van der Waals surface area contributed by atoms with Gasteiger partial charge in [0, 0.05) is 19.3 Å². The fraction of sp³-hybridized carbons (Fsp3) is 0.817. The Hall–Kier alpha value is -2.89. The molecule has 6 heteroatoms. The van der Waals surface area contributed by atoms with Crippen LogP contribution in [0.4, 0.5) is 0 Å². The molecule has 0 aliphatic heterocycles. The van der Waals surface area contributed by atoms with E-state index in [0.717, 1.165) is 89.9 Å². The van der Waals surface area contributed by atoms with Gasteiger partial charge in [-0.25, -0.2) is 0 Å². The van der Waals surface area contributed by atoms with Crippen LogP contribution in [0.3, 0.4) is 0 Å². The van der Waals surface area contributed by atoms with Gasteiger partial charge in [0.05, 0.1) is 0 Å². The number of esters is 3. The number of ether oxygens (including phenoxy) is 3. The summed E-state index contributed by atoms with van der Waals surface area (Å²) in [6.07, 6.45) is 83.8. The number of hydrogen-bond donors (Lipinski definition) is 0. The van der Waals surface area contributed by atoms with Gasteiger partial charge in [-0.05, 0) is 83.5 Å². The van der Waals surface area contributed by atoms with Gasteiger partial charge in [0.25, 0.3) is 0 Å². The summed E-state index contributed by atoms with van der Waals surface area (Å²) in [6.45, 7) is 6.57. The third kappa shape index (κ3) is 63.8. The summed E-state index contributed by atoms with van der Waals surface area (Å²) in [6, 6.07) is 0. The van der Waals surface area contributed by atoms with Gasteiger partial charge in [-0.3, -0.25) is 14.4 Å². The van der Waals surface area contributed by atoms with Crippen LogP contribution in [0.15, 0.2) is 60.8 Å². The normalized spacial score (nSPS) is 12.4. The molecule has 0 spiro atoms. The third-order valence-electron chi connectivity index (χ3n) is 15.0. The first kappa shape index (κ1) is 74.1. The smallest absolute Gasteiger partial charge is 0.306 e. The second kappa shape index (κ2) is 65.6. The highest BCUT2D eigenvalue weighted by molar-refractivity contribution is 5.71. The van der Waals surface area contributed by atoms with Gasteiger partial charge in [-0.15, -0.1) is 0 Å². The van der Waals surface area contributed by atoms with Crippen molar-refractivity contribution in [2.24, 2.45) is 0 Å². The van der Waals surface area contributed by atoms with Crippen LogP contribution in [-0.2, 0) is 28.6 Å². The van der Waals surface area contributed by atoms with E-state index in [-0.39, 0.29) is 31.1 Å². The molecule has 448 valence electrons. The molecular formula is C71H128O6. The van der Waals surface area contributed by atoms with E-state index in [2.05, 4.69) is 81.5 Å². The second-order valence-corrected chi connectivity index (χ2v) is 22.7. The third-order valence-corrected chi connectivity index (χ3v) is 15.0. The molecule has 0 aliphatic rings. The maximum Gasteiger partial charge on any atom is 0.306 e. The predicted octanol–water partition coefficient (Wildman–Crippen LogP) is 23.1. The summed E-state index contributed by atoms with van der Waals surface area (Å²) in [4.78, 5) is 38.3. The number of carbonyl (C=O) groups is 3. The SMILES string of the molecule is CC/C=C\C/C=C\C/C=C\C/C=C\CCCCCCCCCCCCCCCCCCC(=O)OCC(COC(=O)CCCCCCCCCCCCCCCC)OC(=O)CCCCCCC/C=C\CCCCCCCCC. The molecule has 1 atom stereocenters. The maximum absolute atomic E-state index is 12.9. The maximum atomic E-state index is 12.9. The highest BCUT2D eigenvalue weighted by Crippen LogP contribution is 2.18. The van der Waals surface area contributed by atoms with Crippen molar-refractivity contribution in [3.63, 3.8) is 0 Å². The van der Waals surface area contributed by atoms with Gasteiger partial charge in [0.2, 0.25) is 0 Å². The van der Waals surface area contributed by atoms with E-state index in [4.69, 9.17) is 14.2 Å². The van der Waals surface area contributed by atoms with Crippen LogP contribution < -0.4 is 0 Å². The Labute approximate surface area is 479 Å². The fourth-order valence-electron chi connectivity index (χ4n) is 9.96. The Bertz CT molecular complexity index is 1380. The number of carbonyl (C=O) groups excluding carboxylic acids is 3. The Balaban J connectivity index is 4.21. The zero-order valence-electron chi connectivity index (χ0n) is 51.5. The van der Waals surface area contributed by atoms with E-state index in [1.807, 2.05) is 0 Å². The minimum atomic E-state index is -0.776. The highest BCUT2D eigenvalue weighted by atomic mass is 16.6. The van der Waals surface area contributed by atoms with Gasteiger partial charge in [-0.1, -0.05) is 313 Å². The molecule has 0 aromatic rings. The van der Waals surface area contributed by atoms with Crippen LogP contribution in [0.1, 0.15) is 355 Å². The lowest BCUT2D eigenvalue weighted by molar-refractivity contribution is -0.167. The Kier molecular flexibility index (Phi) is 63.2. The van der Waals surface area contributed by atoms with Crippen molar-refractivity contribution in [2.75, 3.05) is 13.2 Å². The van der Waals surface area contributed by atoms with Crippen LogP contribution >= 0.6 is 0 Å². The average Bonchev–Trinajstić information content (AvgIpc) is 3.43. The van der Waals surface area contributed by atoms with Gasteiger partial charge in [0.15, 0.2) is 6.10 Å². The number of hydrogen-bond acceptors (Lipinski definition) is 6. The molecule has 0 heterocycles. The monoisotopic (exact) mass is 1080 g/mol. The minimum absolute atomic E-state index is 0.0719. The topological polar surface area (TPSA) is 78.9 Å². The standard InChI is InChI=1S/C71H128O6/c1-4-7-10-13-16-19-22-25-28-30-31-32-33-34-35-36-37-38-39-40-41-42-44-46-49-52-55-58-61-64-70(73)76-67-68(66-75-69(72)63-60-57-54-51-48-45-27-24-21-18-15-12-9-6-3)77-71(74)65-62-59-56-53-50-47-43-29-26-23-20-17-14-11-8-5-2/h7,10,16,19,25,28-29,31-32,43,68H,4-6,8-9,11-15,17-18,20-24,26-27,30,33-42,44-67H2,1-3H3/b10-7-,19-16-,28-25-,32-31-,43-29-. The number of rotatable bonds is 62. The molecule has 77 heavy (non-hydrogen) atoms. The molecule has 0 N–H and O–H groups in total. The molecule has 6 nitrogen and oxygen atoms in total. The molecule has 0 aromatic heterocycles. The van der Waals surface area contributed by atoms with Gasteiger partial charge in [0.1, 0.15) is 13.2 Å². The summed E-state index contributed by atoms with van der Waals surface area (Å²) < 4.78 is 17.0. The second-order valence-electron chi connectivity index (χ2n) is 22.7. The lowest BCUT2D eigenvalue weighted by Gasteiger charge is -2.18. The first-order chi connectivity index (χ1) is 38.0. The van der Waals surface area contributed by atoms with Crippen LogP contribution in [0.25, 0.3) is 0 Å². The Morgan fingerprint density at radius 1 is 0.273 bits per heavy atom.